The highest BCUT2D eigenvalue weighted by molar-refractivity contribution is 5.91. The summed E-state index contributed by atoms with van der Waals surface area (Å²) in [6.07, 6.45) is -6.34. The van der Waals surface area contributed by atoms with E-state index in [9.17, 15) is 35.9 Å². The first-order valence-corrected chi connectivity index (χ1v) is 14.7. The third-order valence-electron chi connectivity index (χ3n) is 7.46. The first-order valence-electron chi connectivity index (χ1n) is 14.7. The lowest BCUT2D eigenvalue weighted by atomic mass is 9.78. The van der Waals surface area contributed by atoms with Gasteiger partial charge in [0, 0.05) is 11.8 Å². The number of amides is 2. The standard InChI is InChI=1S/C32H28F6N6O4/c33-31(34,35)47-23-8-4-19(5-9-23)16-29(45)39-27-14-12-25(41-43-27)21-2-1-3-22(18-21)26-13-15-28(44-42-26)40-30(46)17-20-6-10-24(11-7-20)48-32(36,37)38/h4-15,21-22H,1-3,16-18H2,(H,39,43,45)(H,40,44,46). The number of alkyl halides is 6. The molecule has 1 saturated carbocycles. The molecule has 2 heterocycles. The van der Waals surface area contributed by atoms with E-state index in [1.807, 2.05) is 0 Å². The molecular formula is C32H28F6N6O4. The summed E-state index contributed by atoms with van der Waals surface area (Å²) in [5.74, 6) is -0.917. The molecule has 16 heteroatoms. The molecule has 0 aliphatic heterocycles. The smallest absolute Gasteiger partial charge is 0.406 e. The number of hydrogen-bond acceptors (Lipinski definition) is 8. The monoisotopic (exact) mass is 674 g/mol. The molecule has 5 rings (SSSR count). The van der Waals surface area contributed by atoms with Gasteiger partial charge in [-0.05, 0) is 78.9 Å². The average molecular weight is 675 g/mol. The minimum atomic E-state index is -4.80. The van der Waals surface area contributed by atoms with Gasteiger partial charge in [-0.1, -0.05) is 30.7 Å². The highest BCUT2D eigenvalue weighted by Crippen LogP contribution is 2.40. The van der Waals surface area contributed by atoms with Gasteiger partial charge in [-0.2, -0.15) is 10.2 Å². The molecule has 0 radical (unpaired) electrons. The Balaban J connectivity index is 1.09. The molecule has 4 aromatic rings. The molecule has 1 aliphatic carbocycles. The Bertz CT molecular complexity index is 1560. The van der Waals surface area contributed by atoms with Gasteiger partial charge in [0.2, 0.25) is 11.8 Å². The lowest BCUT2D eigenvalue weighted by Crippen LogP contribution is -2.19. The number of ether oxygens (including phenoxy) is 2. The summed E-state index contributed by atoms with van der Waals surface area (Å²) in [7, 11) is 0. The number of benzene rings is 2. The average Bonchev–Trinajstić information content (AvgIpc) is 3.02. The predicted octanol–water partition coefficient (Wildman–Crippen LogP) is 6.87. The van der Waals surface area contributed by atoms with E-state index in [2.05, 4.69) is 40.5 Å². The summed E-state index contributed by atoms with van der Waals surface area (Å²) < 4.78 is 81.7. The summed E-state index contributed by atoms with van der Waals surface area (Å²) >= 11 is 0. The Labute approximate surface area is 269 Å². The van der Waals surface area contributed by atoms with E-state index in [-0.39, 0.29) is 47.8 Å². The van der Waals surface area contributed by atoms with Crippen molar-refractivity contribution in [2.24, 2.45) is 0 Å². The summed E-state index contributed by atoms with van der Waals surface area (Å²) in [4.78, 5) is 24.9. The van der Waals surface area contributed by atoms with Gasteiger partial charge in [-0.25, -0.2) is 0 Å². The van der Waals surface area contributed by atoms with Crippen LogP contribution in [0, 0.1) is 0 Å². The molecule has 10 nitrogen and oxygen atoms in total. The molecule has 48 heavy (non-hydrogen) atoms. The van der Waals surface area contributed by atoms with Crippen molar-refractivity contribution in [2.45, 2.75) is 63.1 Å². The third-order valence-corrected chi connectivity index (χ3v) is 7.46. The van der Waals surface area contributed by atoms with Crippen LogP contribution < -0.4 is 20.1 Å². The van der Waals surface area contributed by atoms with E-state index in [1.54, 1.807) is 24.3 Å². The fourth-order valence-electron chi connectivity index (χ4n) is 5.34. The number of nitrogens with zero attached hydrogens (tertiary/aromatic N) is 4. The molecule has 2 aromatic carbocycles. The van der Waals surface area contributed by atoms with Gasteiger partial charge in [0.1, 0.15) is 11.5 Å². The summed E-state index contributed by atoms with van der Waals surface area (Å²) in [6, 6.07) is 16.9. The number of anilines is 2. The molecule has 2 aromatic heterocycles. The molecule has 2 atom stereocenters. The van der Waals surface area contributed by atoms with Gasteiger partial charge in [-0.3, -0.25) is 9.59 Å². The number of nitrogens with one attached hydrogen (secondary N) is 2. The maximum absolute atomic E-state index is 12.4. The molecule has 1 fully saturated rings. The number of rotatable bonds is 10. The van der Waals surface area contributed by atoms with Crippen LogP contribution in [0.15, 0.2) is 72.8 Å². The lowest BCUT2D eigenvalue weighted by Gasteiger charge is -2.28. The lowest BCUT2D eigenvalue weighted by molar-refractivity contribution is -0.275. The fourth-order valence-corrected chi connectivity index (χ4v) is 5.34. The van der Waals surface area contributed by atoms with Crippen molar-refractivity contribution in [3.8, 4) is 11.5 Å². The number of carbonyl (C=O) groups excluding carboxylic acids is 2. The van der Waals surface area contributed by atoms with Gasteiger partial charge in [-0.15, -0.1) is 36.5 Å². The van der Waals surface area contributed by atoms with E-state index < -0.39 is 24.5 Å². The van der Waals surface area contributed by atoms with Crippen LogP contribution in [0.25, 0.3) is 0 Å². The Hall–Kier alpha value is -5.28. The molecule has 0 spiro atoms. The number of aromatic nitrogens is 4. The number of carbonyl (C=O) groups is 2. The molecule has 0 bridgehead atoms. The third kappa shape index (κ3) is 10.4. The van der Waals surface area contributed by atoms with Gasteiger partial charge < -0.3 is 20.1 Å². The summed E-state index contributed by atoms with van der Waals surface area (Å²) in [5, 5.41) is 22.1. The molecule has 2 amide bonds. The van der Waals surface area contributed by atoms with Crippen LogP contribution >= 0.6 is 0 Å². The SMILES string of the molecule is O=C(Cc1ccc(OC(F)(F)F)cc1)Nc1ccc(C2CCCC(c3ccc(NC(=O)Cc4ccc(OC(F)(F)F)cc4)nn3)C2)nn1. The second-order valence-electron chi connectivity index (χ2n) is 11.1. The molecule has 0 saturated heterocycles. The second kappa shape index (κ2) is 14.6. The van der Waals surface area contributed by atoms with Crippen LogP contribution in [0.4, 0.5) is 38.0 Å². The Kier molecular flexibility index (Phi) is 10.4. The largest absolute Gasteiger partial charge is 0.573 e. The van der Waals surface area contributed by atoms with Gasteiger partial charge in [0.05, 0.1) is 24.2 Å². The normalized spacial score (nSPS) is 16.5. The van der Waals surface area contributed by atoms with Crippen molar-refractivity contribution in [1.82, 2.24) is 20.4 Å². The highest BCUT2D eigenvalue weighted by atomic mass is 19.4. The Morgan fingerprint density at radius 1 is 0.604 bits per heavy atom. The zero-order chi connectivity index (χ0) is 34.3. The molecule has 252 valence electrons. The minimum absolute atomic E-state index is 0.0818. The maximum atomic E-state index is 12.4. The first-order chi connectivity index (χ1) is 22.8. The van der Waals surface area contributed by atoms with Crippen LogP contribution in [0.2, 0.25) is 0 Å². The maximum Gasteiger partial charge on any atom is 0.573 e. The van der Waals surface area contributed by atoms with Gasteiger partial charge in [0.15, 0.2) is 11.6 Å². The predicted molar refractivity (Wildman–Crippen MR) is 159 cm³/mol. The zero-order valence-electron chi connectivity index (χ0n) is 25.0. The molecule has 2 unspecified atom stereocenters. The van der Waals surface area contributed by atoms with Crippen molar-refractivity contribution in [3.05, 3.63) is 95.3 Å². The summed E-state index contributed by atoms with van der Waals surface area (Å²) in [5.41, 5.74) is 2.50. The quantitative estimate of drug-likeness (QED) is 0.175. The molecule has 1 aliphatic rings. The zero-order valence-corrected chi connectivity index (χ0v) is 25.0. The van der Waals surface area contributed by atoms with Crippen molar-refractivity contribution in [2.75, 3.05) is 10.6 Å². The van der Waals surface area contributed by atoms with Crippen LogP contribution in [0.5, 0.6) is 11.5 Å². The Morgan fingerprint density at radius 2 is 1.00 bits per heavy atom. The number of halogens is 6. The van der Waals surface area contributed by atoms with Crippen molar-refractivity contribution in [3.63, 3.8) is 0 Å². The molecule has 2 N–H and O–H groups in total. The number of hydrogen-bond donors (Lipinski definition) is 2. The van der Waals surface area contributed by atoms with E-state index >= 15 is 0 Å². The van der Waals surface area contributed by atoms with Gasteiger partial charge >= 0.3 is 12.7 Å². The van der Waals surface area contributed by atoms with Crippen molar-refractivity contribution in [1.29, 1.82) is 0 Å². The van der Waals surface area contributed by atoms with Crippen LogP contribution in [-0.2, 0) is 22.4 Å². The van der Waals surface area contributed by atoms with Crippen molar-refractivity contribution >= 4 is 23.5 Å². The van der Waals surface area contributed by atoms with E-state index in [4.69, 9.17) is 0 Å². The van der Waals surface area contributed by atoms with Crippen LogP contribution in [0.1, 0.15) is 60.0 Å². The van der Waals surface area contributed by atoms with E-state index in [0.717, 1.165) is 61.3 Å². The first kappa shape index (κ1) is 34.1. The van der Waals surface area contributed by atoms with Crippen molar-refractivity contribution < 1.29 is 45.4 Å². The second-order valence-corrected chi connectivity index (χ2v) is 11.1. The minimum Gasteiger partial charge on any atom is -0.406 e. The van der Waals surface area contributed by atoms with E-state index in [1.165, 1.54) is 24.3 Å². The fraction of sp³-hybridized carbons (Fsp3) is 0.312. The van der Waals surface area contributed by atoms with Crippen LogP contribution in [0.3, 0.4) is 0 Å². The highest BCUT2D eigenvalue weighted by Gasteiger charge is 2.32. The van der Waals surface area contributed by atoms with Gasteiger partial charge in [0.25, 0.3) is 0 Å². The van der Waals surface area contributed by atoms with Crippen LogP contribution in [-0.4, -0.2) is 44.9 Å². The molecular weight excluding hydrogens is 646 g/mol. The Morgan fingerprint density at radius 3 is 1.33 bits per heavy atom. The summed E-state index contributed by atoms with van der Waals surface area (Å²) in [6.45, 7) is 0. The topological polar surface area (TPSA) is 128 Å². The van der Waals surface area contributed by atoms with E-state index in [0.29, 0.717) is 11.1 Å².